The molecule has 0 aliphatic carbocycles. The summed E-state index contributed by atoms with van der Waals surface area (Å²) in [6, 6.07) is 1.81. The van der Waals surface area contributed by atoms with Crippen LogP contribution in [0.2, 0.25) is 0 Å². The molecule has 2 nitrogen and oxygen atoms in total. The van der Waals surface area contributed by atoms with E-state index < -0.39 is 0 Å². The van der Waals surface area contributed by atoms with E-state index in [0.29, 0.717) is 5.56 Å². The Morgan fingerprint density at radius 1 is 1.78 bits per heavy atom. The van der Waals surface area contributed by atoms with Crippen LogP contribution in [0.1, 0.15) is 10.4 Å². The minimum atomic E-state index is -0.338. The summed E-state index contributed by atoms with van der Waals surface area (Å²) >= 11 is 3.08. The number of rotatable bonds is 1. The first kappa shape index (κ1) is 6.84. The molecule has 2 N–H and O–H groups in total. The molecule has 1 aromatic rings. The molecule has 1 heterocycles. The van der Waals surface area contributed by atoms with Crippen molar-refractivity contribution in [3.05, 3.63) is 17.0 Å². The van der Waals surface area contributed by atoms with Gasteiger partial charge in [-0.3, -0.25) is 0 Å². The Kier molecular flexibility index (Phi) is 1.93. The molecule has 0 bridgehead atoms. The SMILES string of the molecule is NC(=O)c1csc([AsH2])c1. The van der Waals surface area contributed by atoms with Crippen molar-refractivity contribution in [3.63, 3.8) is 0 Å². The van der Waals surface area contributed by atoms with Crippen LogP contribution in [0.5, 0.6) is 0 Å². The number of thiophene rings is 1. The van der Waals surface area contributed by atoms with Gasteiger partial charge in [0, 0.05) is 0 Å². The fourth-order valence-corrected chi connectivity index (χ4v) is 1.93. The summed E-state index contributed by atoms with van der Waals surface area (Å²) in [4.78, 5) is 10.5. The third kappa shape index (κ3) is 1.57. The third-order valence-electron chi connectivity index (χ3n) is 0.904. The summed E-state index contributed by atoms with van der Waals surface area (Å²) in [5.41, 5.74) is 5.63. The van der Waals surface area contributed by atoms with Crippen molar-refractivity contribution in [2.45, 2.75) is 0 Å². The van der Waals surface area contributed by atoms with Crippen molar-refractivity contribution >= 4 is 37.8 Å². The monoisotopic (exact) mass is 203 g/mol. The van der Waals surface area contributed by atoms with Crippen molar-refractivity contribution in [2.75, 3.05) is 0 Å². The maximum absolute atomic E-state index is 10.5. The van der Waals surface area contributed by atoms with E-state index in [0.717, 1.165) is 0 Å². The Morgan fingerprint density at radius 2 is 2.44 bits per heavy atom. The molecule has 1 unspecified atom stereocenters. The number of carbonyl (C=O) groups excluding carboxylic acids is 1. The molecule has 1 rings (SSSR count). The van der Waals surface area contributed by atoms with E-state index in [4.69, 9.17) is 5.73 Å². The summed E-state index contributed by atoms with van der Waals surface area (Å²) in [6.07, 6.45) is 0. The third-order valence-corrected chi connectivity index (χ3v) is 2.87. The summed E-state index contributed by atoms with van der Waals surface area (Å²) in [6.45, 7) is 0. The van der Waals surface area contributed by atoms with Crippen LogP contribution in [-0.2, 0) is 0 Å². The van der Waals surface area contributed by atoms with Gasteiger partial charge in [-0.1, -0.05) is 0 Å². The predicted octanol–water partition coefficient (Wildman–Crippen LogP) is -0.895. The molecular formula is C5H6AsNOS. The summed E-state index contributed by atoms with van der Waals surface area (Å²) < 4.78 is 1.18. The fraction of sp³-hybridized carbons (Fsp3) is 0. The van der Waals surface area contributed by atoms with E-state index in [1.54, 1.807) is 16.7 Å². The molecule has 1 aromatic heterocycles. The molecule has 0 aliphatic rings. The normalized spacial score (nSPS) is 9.44. The van der Waals surface area contributed by atoms with Crippen LogP contribution in [0.25, 0.3) is 0 Å². The van der Waals surface area contributed by atoms with Crippen LogP contribution >= 0.6 is 11.3 Å². The van der Waals surface area contributed by atoms with Gasteiger partial charge in [0.25, 0.3) is 0 Å². The van der Waals surface area contributed by atoms with Crippen molar-refractivity contribution in [2.24, 2.45) is 5.73 Å². The van der Waals surface area contributed by atoms with Gasteiger partial charge in [-0.2, -0.15) is 0 Å². The van der Waals surface area contributed by atoms with Crippen molar-refractivity contribution < 1.29 is 4.79 Å². The molecule has 0 spiro atoms. The first-order chi connectivity index (χ1) is 4.20. The number of primary amides is 1. The van der Waals surface area contributed by atoms with Crippen molar-refractivity contribution in [1.29, 1.82) is 0 Å². The van der Waals surface area contributed by atoms with Crippen LogP contribution in [-0.4, -0.2) is 22.8 Å². The number of amides is 1. The Hall–Kier alpha value is -0.272. The molecule has 0 aliphatic heterocycles. The second-order valence-corrected chi connectivity index (χ2v) is 4.73. The Bertz CT molecular complexity index is 233. The molecule has 0 saturated heterocycles. The molecular weight excluding hydrogens is 197 g/mol. The Labute approximate surface area is 65.6 Å². The molecule has 9 heavy (non-hydrogen) atoms. The molecule has 0 fully saturated rings. The van der Waals surface area contributed by atoms with E-state index in [2.05, 4.69) is 0 Å². The van der Waals surface area contributed by atoms with Gasteiger partial charge >= 0.3 is 65.3 Å². The average molecular weight is 203 g/mol. The molecule has 1 amide bonds. The van der Waals surface area contributed by atoms with Crippen LogP contribution in [0.3, 0.4) is 0 Å². The van der Waals surface area contributed by atoms with Gasteiger partial charge in [0.2, 0.25) is 0 Å². The predicted molar refractivity (Wildman–Crippen MR) is 41.0 cm³/mol. The first-order valence-corrected chi connectivity index (χ1v) is 4.43. The van der Waals surface area contributed by atoms with Crippen molar-refractivity contribution in [3.8, 4) is 0 Å². The second kappa shape index (κ2) is 2.54. The molecule has 0 aromatic carbocycles. The summed E-state index contributed by atoms with van der Waals surface area (Å²) in [5.74, 6) is -0.338. The van der Waals surface area contributed by atoms with Gasteiger partial charge in [0.1, 0.15) is 0 Å². The molecule has 48 valence electrons. The quantitative estimate of drug-likeness (QED) is 0.591. The van der Waals surface area contributed by atoms with E-state index in [-0.39, 0.29) is 5.91 Å². The molecule has 4 heteroatoms. The van der Waals surface area contributed by atoms with Crippen LogP contribution < -0.4 is 9.40 Å². The average Bonchev–Trinajstić information content (AvgIpc) is 2.14. The standard InChI is InChI=1S/C5H6AsNOS/c6-4-1-3(2-9-4)5(7)8/h1-2H,6H2,(H2,7,8). The summed E-state index contributed by atoms with van der Waals surface area (Å²) in [7, 11) is 0. The molecule has 1 atom stereocenters. The van der Waals surface area contributed by atoms with Gasteiger partial charge in [-0.05, 0) is 0 Å². The van der Waals surface area contributed by atoms with Gasteiger partial charge in [0.15, 0.2) is 0 Å². The number of hydrogen-bond acceptors (Lipinski definition) is 2. The Morgan fingerprint density at radius 3 is 2.67 bits per heavy atom. The molecule has 0 saturated carbocycles. The van der Waals surface area contributed by atoms with Crippen LogP contribution in [0.4, 0.5) is 0 Å². The topological polar surface area (TPSA) is 43.1 Å². The van der Waals surface area contributed by atoms with E-state index in [1.807, 2.05) is 6.07 Å². The fourth-order valence-electron chi connectivity index (χ4n) is 0.482. The van der Waals surface area contributed by atoms with E-state index in [9.17, 15) is 4.79 Å². The van der Waals surface area contributed by atoms with Gasteiger partial charge in [-0.25, -0.2) is 0 Å². The van der Waals surface area contributed by atoms with Crippen LogP contribution in [0.15, 0.2) is 11.4 Å². The minimum absolute atomic E-state index is 0.338. The zero-order valence-electron chi connectivity index (χ0n) is 4.63. The Balaban J connectivity index is 2.98. The zero-order chi connectivity index (χ0) is 6.85. The van der Waals surface area contributed by atoms with Gasteiger partial charge in [0.05, 0.1) is 0 Å². The first-order valence-electron chi connectivity index (χ1n) is 2.34. The van der Waals surface area contributed by atoms with Gasteiger partial charge in [-0.15, -0.1) is 0 Å². The van der Waals surface area contributed by atoms with E-state index >= 15 is 0 Å². The number of hydrogen-bond donors (Lipinski definition) is 1. The zero-order valence-corrected chi connectivity index (χ0v) is 7.87. The maximum atomic E-state index is 10.5. The van der Waals surface area contributed by atoms with Gasteiger partial charge < -0.3 is 0 Å². The molecule has 0 radical (unpaired) electrons. The van der Waals surface area contributed by atoms with Crippen molar-refractivity contribution in [1.82, 2.24) is 0 Å². The van der Waals surface area contributed by atoms with E-state index in [1.165, 1.54) is 20.5 Å². The number of carbonyl (C=O) groups is 1. The summed E-state index contributed by atoms with van der Waals surface area (Å²) in [5, 5.41) is 1.78. The second-order valence-electron chi connectivity index (χ2n) is 1.60. The van der Waals surface area contributed by atoms with Crippen LogP contribution in [0, 0.1) is 0 Å². The number of nitrogens with two attached hydrogens (primary N) is 1.